The molecule has 8 rings (SSSR count). The Balaban J connectivity index is 1.29. The van der Waals surface area contributed by atoms with E-state index in [1.54, 1.807) is 12.3 Å². The molecule has 4 aromatic heterocycles. The van der Waals surface area contributed by atoms with Gasteiger partial charge in [-0.15, -0.1) is 0 Å². The summed E-state index contributed by atoms with van der Waals surface area (Å²) in [6, 6.07) is 39.3. The fourth-order valence-electron chi connectivity index (χ4n) is 5.67. The smallest absolute Gasteiger partial charge is 0.214 e. The van der Waals surface area contributed by atoms with Gasteiger partial charge in [-0.1, -0.05) is 48.5 Å². The zero-order valence-corrected chi connectivity index (χ0v) is 21.2. The summed E-state index contributed by atoms with van der Waals surface area (Å²) in [7, 11) is 0. The summed E-state index contributed by atoms with van der Waals surface area (Å²) in [6.45, 7) is 0. The van der Waals surface area contributed by atoms with Gasteiger partial charge in [-0.3, -0.25) is 9.13 Å². The Morgan fingerprint density at radius 2 is 1.05 bits per heavy atom. The van der Waals surface area contributed by atoms with E-state index in [0.29, 0.717) is 17.3 Å². The molecule has 6 heteroatoms. The number of nitrogens with zero attached hydrogens (tertiary/aromatic N) is 4. The summed E-state index contributed by atoms with van der Waals surface area (Å²) in [5.74, 6) is 2.22. The zero-order valence-electron chi connectivity index (χ0n) is 21.2. The van der Waals surface area contributed by atoms with Crippen molar-refractivity contribution in [3.63, 3.8) is 0 Å². The first kappa shape index (κ1) is 22.5. The van der Waals surface area contributed by atoms with E-state index < -0.39 is 5.95 Å². The molecule has 4 heterocycles. The molecule has 0 radical (unpaired) electrons. The Kier molecular flexibility index (Phi) is 4.94. The van der Waals surface area contributed by atoms with Crippen molar-refractivity contribution in [3.05, 3.63) is 133 Å². The van der Waals surface area contributed by atoms with Crippen molar-refractivity contribution in [2.24, 2.45) is 0 Å². The van der Waals surface area contributed by atoms with Crippen LogP contribution in [0.5, 0.6) is 11.5 Å². The Morgan fingerprint density at radius 3 is 1.65 bits per heavy atom. The Hall–Kier alpha value is -5.49. The van der Waals surface area contributed by atoms with Crippen LogP contribution < -0.4 is 4.74 Å². The quantitative estimate of drug-likeness (QED) is 0.218. The molecule has 0 aliphatic heterocycles. The van der Waals surface area contributed by atoms with E-state index in [-0.39, 0.29) is 0 Å². The van der Waals surface area contributed by atoms with Crippen LogP contribution in [0.1, 0.15) is 0 Å². The van der Waals surface area contributed by atoms with Crippen molar-refractivity contribution in [2.75, 3.05) is 0 Å². The van der Waals surface area contributed by atoms with Gasteiger partial charge in [-0.05, 0) is 60.7 Å². The molecule has 0 atom stereocenters. The van der Waals surface area contributed by atoms with Gasteiger partial charge in [-0.2, -0.15) is 4.39 Å². The highest BCUT2D eigenvalue weighted by atomic mass is 19.1. The van der Waals surface area contributed by atoms with Crippen LogP contribution in [-0.2, 0) is 0 Å². The molecular weight excluding hydrogens is 499 g/mol. The molecule has 0 spiro atoms. The van der Waals surface area contributed by atoms with Gasteiger partial charge in [0.05, 0.1) is 22.1 Å². The summed E-state index contributed by atoms with van der Waals surface area (Å²) >= 11 is 0. The third kappa shape index (κ3) is 3.47. The fraction of sp³-hybridized carbons (Fsp3) is 0. The topological polar surface area (TPSA) is 44.9 Å². The summed E-state index contributed by atoms with van der Waals surface area (Å²) in [5, 5.41) is 4.39. The largest absolute Gasteiger partial charge is 0.457 e. The molecule has 0 fully saturated rings. The maximum atomic E-state index is 14.1. The van der Waals surface area contributed by atoms with Crippen molar-refractivity contribution >= 4 is 43.6 Å². The van der Waals surface area contributed by atoms with Crippen molar-refractivity contribution < 1.29 is 9.13 Å². The van der Waals surface area contributed by atoms with E-state index in [1.807, 2.05) is 77.4 Å². The number of ether oxygens (including phenoxy) is 1. The van der Waals surface area contributed by atoms with Gasteiger partial charge in [0.2, 0.25) is 5.95 Å². The van der Waals surface area contributed by atoms with Gasteiger partial charge < -0.3 is 4.74 Å². The molecule has 0 saturated carbocycles. The van der Waals surface area contributed by atoms with Gasteiger partial charge in [0.15, 0.2) is 0 Å². The van der Waals surface area contributed by atoms with Crippen molar-refractivity contribution in [3.8, 4) is 23.1 Å². The lowest BCUT2D eigenvalue weighted by molar-refractivity contribution is 0.484. The second-order valence-corrected chi connectivity index (χ2v) is 9.67. The Labute approximate surface area is 228 Å². The molecular formula is C34H21FN4O. The second-order valence-electron chi connectivity index (χ2n) is 9.67. The number of aromatic nitrogens is 4. The summed E-state index contributed by atoms with van der Waals surface area (Å²) < 4.78 is 24.7. The van der Waals surface area contributed by atoms with Crippen molar-refractivity contribution in [1.29, 1.82) is 0 Å². The van der Waals surface area contributed by atoms with Crippen LogP contribution in [0.15, 0.2) is 128 Å². The molecule has 0 aliphatic carbocycles. The van der Waals surface area contributed by atoms with Gasteiger partial charge in [0.1, 0.15) is 23.1 Å². The number of benzene rings is 4. The van der Waals surface area contributed by atoms with Crippen LogP contribution in [0.25, 0.3) is 55.2 Å². The lowest BCUT2D eigenvalue weighted by atomic mass is 10.1. The molecule has 40 heavy (non-hydrogen) atoms. The number of halogens is 1. The normalized spacial score (nSPS) is 11.6. The fourth-order valence-corrected chi connectivity index (χ4v) is 5.67. The molecule has 0 bridgehead atoms. The van der Waals surface area contributed by atoms with Crippen LogP contribution in [0.2, 0.25) is 0 Å². The first-order valence-electron chi connectivity index (χ1n) is 13.0. The predicted octanol–water partition coefficient (Wildman–Crippen LogP) is 8.60. The first-order chi connectivity index (χ1) is 19.7. The number of hydrogen-bond donors (Lipinski definition) is 0. The molecule has 0 saturated heterocycles. The van der Waals surface area contributed by atoms with E-state index in [1.165, 1.54) is 6.07 Å². The lowest BCUT2D eigenvalue weighted by Crippen LogP contribution is -1.98. The number of para-hydroxylation sites is 2. The minimum atomic E-state index is -0.521. The van der Waals surface area contributed by atoms with Crippen molar-refractivity contribution in [2.45, 2.75) is 0 Å². The van der Waals surface area contributed by atoms with Gasteiger partial charge in [0, 0.05) is 39.9 Å². The Bertz CT molecular complexity index is 2220. The van der Waals surface area contributed by atoms with E-state index in [4.69, 9.17) is 4.74 Å². The van der Waals surface area contributed by atoms with Crippen LogP contribution in [0, 0.1) is 5.95 Å². The SMILES string of the molecule is Fc1cccc(-n2c3ccccc3c3ccc(Oc4ccc5c6ccccc6n(-c6ccccn6)c5c4)cc32)n1. The molecule has 4 aromatic carbocycles. The summed E-state index contributed by atoms with van der Waals surface area (Å²) in [6.07, 6.45) is 1.80. The van der Waals surface area contributed by atoms with Gasteiger partial charge in [0.25, 0.3) is 0 Å². The minimum Gasteiger partial charge on any atom is -0.457 e. The third-order valence-electron chi connectivity index (χ3n) is 7.33. The number of hydrogen-bond acceptors (Lipinski definition) is 3. The molecule has 8 aromatic rings. The number of pyridine rings is 2. The minimum absolute atomic E-state index is 0.518. The van der Waals surface area contributed by atoms with Gasteiger partial charge >= 0.3 is 0 Å². The molecule has 0 N–H and O–H groups in total. The molecule has 190 valence electrons. The van der Waals surface area contributed by atoms with E-state index in [9.17, 15) is 4.39 Å². The van der Waals surface area contributed by atoms with Gasteiger partial charge in [-0.25, -0.2) is 9.97 Å². The maximum Gasteiger partial charge on any atom is 0.214 e. The van der Waals surface area contributed by atoms with E-state index in [2.05, 4.69) is 50.9 Å². The zero-order chi connectivity index (χ0) is 26.6. The highest BCUT2D eigenvalue weighted by Gasteiger charge is 2.16. The maximum absolute atomic E-state index is 14.1. The molecule has 5 nitrogen and oxygen atoms in total. The highest BCUT2D eigenvalue weighted by Crippen LogP contribution is 2.37. The van der Waals surface area contributed by atoms with E-state index >= 15 is 0 Å². The van der Waals surface area contributed by atoms with Crippen LogP contribution in [-0.4, -0.2) is 19.1 Å². The lowest BCUT2D eigenvalue weighted by Gasteiger charge is -2.10. The summed E-state index contributed by atoms with van der Waals surface area (Å²) in [5.41, 5.74) is 3.94. The average molecular weight is 521 g/mol. The second kappa shape index (κ2) is 8.78. The molecule has 0 amide bonds. The average Bonchev–Trinajstić information content (AvgIpc) is 3.50. The van der Waals surface area contributed by atoms with Crippen LogP contribution in [0.4, 0.5) is 4.39 Å². The van der Waals surface area contributed by atoms with Crippen molar-refractivity contribution in [1.82, 2.24) is 19.1 Å². The first-order valence-corrected chi connectivity index (χ1v) is 13.0. The highest BCUT2D eigenvalue weighted by molar-refractivity contribution is 6.10. The predicted molar refractivity (Wildman–Crippen MR) is 157 cm³/mol. The molecule has 0 unspecified atom stereocenters. The van der Waals surface area contributed by atoms with Crippen LogP contribution in [0.3, 0.4) is 0 Å². The van der Waals surface area contributed by atoms with E-state index in [0.717, 1.165) is 49.4 Å². The third-order valence-corrected chi connectivity index (χ3v) is 7.33. The Morgan fingerprint density at radius 1 is 0.500 bits per heavy atom. The molecule has 0 aliphatic rings. The monoisotopic (exact) mass is 520 g/mol. The summed E-state index contributed by atoms with van der Waals surface area (Å²) in [4.78, 5) is 8.79. The number of fused-ring (bicyclic) bond motifs is 6. The van der Waals surface area contributed by atoms with Crippen LogP contribution >= 0.6 is 0 Å². The standard InChI is InChI=1S/C34H21FN4O/c35-32-12-7-14-34(37-32)39-29-11-4-2-9-25(29)27-18-16-23(21-31(27)39)40-22-15-17-26-24-8-1-3-10-28(24)38(30(26)20-22)33-13-5-6-19-36-33/h1-21H. The number of rotatable bonds is 4.